The SMILES string of the molecule is Clc1cc2c(cc1Cl)N=C(c1ccccn1)CC(c1ccccn1)=N2. The quantitative estimate of drug-likeness (QED) is 0.607. The van der Waals surface area contributed by atoms with Gasteiger partial charge in [0.25, 0.3) is 0 Å². The summed E-state index contributed by atoms with van der Waals surface area (Å²) >= 11 is 12.3. The first-order valence-corrected chi connectivity index (χ1v) is 8.43. The van der Waals surface area contributed by atoms with E-state index in [-0.39, 0.29) is 0 Å². The smallest absolute Gasteiger partial charge is 0.0906 e. The second-order valence-corrected chi connectivity index (χ2v) is 6.29. The maximum absolute atomic E-state index is 6.17. The molecule has 1 aliphatic rings. The third-order valence-electron chi connectivity index (χ3n) is 3.78. The van der Waals surface area contributed by atoms with Crippen LogP contribution in [0.5, 0.6) is 0 Å². The Morgan fingerprint density at radius 2 is 1.16 bits per heavy atom. The van der Waals surface area contributed by atoms with Crippen LogP contribution in [0.2, 0.25) is 10.0 Å². The molecule has 25 heavy (non-hydrogen) atoms. The lowest BCUT2D eigenvalue weighted by atomic mass is 10.1. The number of hydrogen-bond donors (Lipinski definition) is 0. The molecule has 3 aromatic rings. The van der Waals surface area contributed by atoms with Gasteiger partial charge >= 0.3 is 0 Å². The predicted molar refractivity (Wildman–Crippen MR) is 102 cm³/mol. The Morgan fingerprint density at radius 1 is 0.680 bits per heavy atom. The zero-order valence-corrected chi connectivity index (χ0v) is 14.5. The van der Waals surface area contributed by atoms with Crippen LogP contribution in [0.25, 0.3) is 0 Å². The molecule has 4 rings (SSSR count). The molecule has 0 saturated carbocycles. The maximum Gasteiger partial charge on any atom is 0.0906 e. The van der Waals surface area contributed by atoms with E-state index in [1.807, 2.05) is 36.4 Å². The fourth-order valence-electron chi connectivity index (χ4n) is 2.60. The normalized spacial score (nSPS) is 13.5. The van der Waals surface area contributed by atoms with Crippen LogP contribution in [-0.4, -0.2) is 21.4 Å². The number of rotatable bonds is 2. The van der Waals surface area contributed by atoms with Gasteiger partial charge in [-0.3, -0.25) is 9.97 Å². The van der Waals surface area contributed by atoms with Gasteiger partial charge in [0.1, 0.15) is 0 Å². The minimum atomic E-state index is 0.445. The van der Waals surface area contributed by atoms with E-state index in [4.69, 9.17) is 33.2 Å². The Morgan fingerprint density at radius 3 is 1.56 bits per heavy atom. The number of benzene rings is 1. The van der Waals surface area contributed by atoms with Crippen molar-refractivity contribution in [3.8, 4) is 0 Å². The average Bonchev–Trinajstić information content (AvgIpc) is 2.83. The van der Waals surface area contributed by atoms with E-state index in [1.54, 1.807) is 24.5 Å². The van der Waals surface area contributed by atoms with E-state index in [0.717, 1.165) is 22.8 Å². The fraction of sp³-hybridized carbons (Fsp3) is 0.0526. The van der Waals surface area contributed by atoms with E-state index in [0.29, 0.717) is 27.8 Å². The number of aliphatic imine (C=N–C) groups is 2. The van der Waals surface area contributed by atoms with Crippen molar-refractivity contribution >= 4 is 46.0 Å². The molecule has 0 unspecified atom stereocenters. The third kappa shape index (κ3) is 3.31. The van der Waals surface area contributed by atoms with Gasteiger partial charge in [-0.1, -0.05) is 35.3 Å². The summed E-state index contributed by atoms with van der Waals surface area (Å²) in [6.07, 6.45) is 4.00. The molecule has 0 fully saturated rings. The Bertz CT molecular complexity index is 903. The highest BCUT2D eigenvalue weighted by molar-refractivity contribution is 6.42. The topological polar surface area (TPSA) is 50.5 Å². The van der Waals surface area contributed by atoms with Gasteiger partial charge in [-0.15, -0.1) is 0 Å². The van der Waals surface area contributed by atoms with E-state index >= 15 is 0 Å². The first-order valence-electron chi connectivity index (χ1n) is 7.68. The van der Waals surface area contributed by atoms with Crippen molar-refractivity contribution in [2.45, 2.75) is 6.42 Å². The Hall–Kier alpha value is -2.56. The minimum absolute atomic E-state index is 0.445. The summed E-state index contributed by atoms with van der Waals surface area (Å²) in [7, 11) is 0. The van der Waals surface area contributed by atoms with Gasteiger partial charge in [-0.25, -0.2) is 9.98 Å². The van der Waals surface area contributed by atoms with Gasteiger partial charge < -0.3 is 0 Å². The number of aromatic nitrogens is 2. The molecule has 0 atom stereocenters. The molecule has 0 spiro atoms. The van der Waals surface area contributed by atoms with Crippen LogP contribution >= 0.6 is 23.2 Å². The Labute approximate surface area is 154 Å². The highest BCUT2D eigenvalue weighted by atomic mass is 35.5. The van der Waals surface area contributed by atoms with Crippen molar-refractivity contribution in [3.63, 3.8) is 0 Å². The minimum Gasteiger partial charge on any atom is -0.255 e. The summed E-state index contributed by atoms with van der Waals surface area (Å²) in [5.74, 6) is 0. The van der Waals surface area contributed by atoms with Crippen LogP contribution in [0.3, 0.4) is 0 Å². The first-order chi connectivity index (χ1) is 12.2. The predicted octanol–water partition coefficient (Wildman–Crippen LogP) is 5.43. The van der Waals surface area contributed by atoms with Crippen molar-refractivity contribution in [2.75, 3.05) is 0 Å². The molecule has 0 N–H and O–H groups in total. The molecule has 0 amide bonds. The van der Waals surface area contributed by atoms with Crippen LogP contribution in [0, 0.1) is 0 Å². The van der Waals surface area contributed by atoms with E-state index in [2.05, 4.69) is 9.97 Å². The molecular formula is C19H12Cl2N4. The van der Waals surface area contributed by atoms with Crippen molar-refractivity contribution in [1.29, 1.82) is 0 Å². The van der Waals surface area contributed by atoms with Crippen LogP contribution in [0.4, 0.5) is 11.4 Å². The highest BCUT2D eigenvalue weighted by Crippen LogP contribution is 2.38. The van der Waals surface area contributed by atoms with E-state index in [1.165, 1.54) is 0 Å². The molecule has 1 aliphatic heterocycles. The molecule has 4 nitrogen and oxygen atoms in total. The molecule has 3 heterocycles. The van der Waals surface area contributed by atoms with Crippen LogP contribution in [0.1, 0.15) is 17.8 Å². The van der Waals surface area contributed by atoms with Crippen LogP contribution < -0.4 is 0 Å². The molecule has 2 aromatic heterocycles. The average molecular weight is 367 g/mol. The molecular weight excluding hydrogens is 355 g/mol. The summed E-state index contributed by atoms with van der Waals surface area (Å²) < 4.78 is 0. The second kappa shape index (κ2) is 6.75. The number of fused-ring (bicyclic) bond motifs is 1. The molecule has 6 heteroatoms. The maximum atomic E-state index is 6.17. The molecule has 0 saturated heterocycles. The van der Waals surface area contributed by atoms with Crippen molar-refractivity contribution in [1.82, 2.24) is 9.97 Å². The lowest BCUT2D eigenvalue weighted by Gasteiger charge is -2.06. The van der Waals surface area contributed by atoms with Crippen LogP contribution in [0.15, 0.2) is 70.9 Å². The summed E-state index contributed by atoms with van der Waals surface area (Å²) in [6.45, 7) is 0. The summed E-state index contributed by atoms with van der Waals surface area (Å²) in [4.78, 5) is 18.4. The molecule has 1 aromatic carbocycles. The fourth-order valence-corrected chi connectivity index (χ4v) is 2.91. The van der Waals surface area contributed by atoms with Gasteiger partial charge in [0.2, 0.25) is 0 Å². The number of pyridine rings is 2. The zero-order valence-electron chi connectivity index (χ0n) is 13.0. The molecule has 0 bridgehead atoms. The van der Waals surface area contributed by atoms with Gasteiger partial charge in [0.15, 0.2) is 0 Å². The molecule has 0 radical (unpaired) electrons. The highest BCUT2D eigenvalue weighted by Gasteiger charge is 2.19. The lowest BCUT2D eigenvalue weighted by molar-refractivity contribution is 1.24. The van der Waals surface area contributed by atoms with Gasteiger partial charge in [-0.2, -0.15) is 0 Å². The van der Waals surface area contributed by atoms with Crippen LogP contribution in [-0.2, 0) is 0 Å². The first kappa shape index (κ1) is 15.9. The largest absolute Gasteiger partial charge is 0.255 e. The number of hydrogen-bond acceptors (Lipinski definition) is 4. The van der Waals surface area contributed by atoms with Gasteiger partial charge in [0, 0.05) is 18.8 Å². The Kier molecular flexibility index (Phi) is 4.30. The monoisotopic (exact) mass is 366 g/mol. The van der Waals surface area contributed by atoms with E-state index < -0.39 is 0 Å². The van der Waals surface area contributed by atoms with Crippen molar-refractivity contribution in [3.05, 3.63) is 82.4 Å². The molecule has 0 aliphatic carbocycles. The second-order valence-electron chi connectivity index (χ2n) is 5.48. The van der Waals surface area contributed by atoms with Crippen molar-refractivity contribution in [2.24, 2.45) is 9.98 Å². The summed E-state index contributed by atoms with van der Waals surface area (Å²) in [5, 5.41) is 0.891. The zero-order chi connectivity index (χ0) is 17.2. The van der Waals surface area contributed by atoms with Crippen molar-refractivity contribution < 1.29 is 0 Å². The van der Waals surface area contributed by atoms with Gasteiger partial charge in [-0.05, 0) is 36.4 Å². The van der Waals surface area contributed by atoms with Gasteiger partial charge in [0.05, 0.1) is 44.2 Å². The van der Waals surface area contributed by atoms with E-state index in [9.17, 15) is 0 Å². The standard InChI is InChI=1S/C19H12Cl2N4/c20-12-9-16-17(10-13(12)21)25-19(15-6-2-4-8-23-15)11-18(24-16)14-5-1-3-7-22-14/h1-10H,11H2. The summed E-state index contributed by atoms with van der Waals surface area (Å²) in [6, 6.07) is 14.9. The Balaban J connectivity index is 1.92. The number of nitrogens with zero attached hydrogens (tertiary/aromatic N) is 4. The summed E-state index contributed by atoms with van der Waals surface area (Å²) in [5.41, 5.74) is 4.54. The molecule has 122 valence electrons. The number of halogens is 2. The lowest BCUT2D eigenvalue weighted by Crippen LogP contribution is -2.12. The third-order valence-corrected chi connectivity index (χ3v) is 4.51.